The van der Waals surface area contributed by atoms with Crippen LogP contribution < -0.4 is 21.5 Å². The molecular weight excluding hydrogens is 450 g/mol. The number of aromatic nitrogens is 2. The number of benzene rings is 2. The smallest absolute Gasteiger partial charge is 0.297 e. The number of carbonyl (C=O) groups excluding carboxylic acids is 1. The van der Waals surface area contributed by atoms with Gasteiger partial charge in [0.1, 0.15) is 0 Å². The molecule has 0 saturated heterocycles. The van der Waals surface area contributed by atoms with E-state index in [4.69, 9.17) is 0 Å². The summed E-state index contributed by atoms with van der Waals surface area (Å²) in [4.78, 5) is 30.7. The third kappa shape index (κ3) is 6.40. The van der Waals surface area contributed by atoms with Gasteiger partial charge in [0.2, 0.25) is 0 Å². The molecule has 1 heterocycles. The van der Waals surface area contributed by atoms with Gasteiger partial charge in [-0.1, -0.05) is 43.3 Å². The molecule has 7 heteroatoms. The molecule has 1 fully saturated rings. The van der Waals surface area contributed by atoms with Gasteiger partial charge >= 0.3 is 0 Å². The highest BCUT2D eigenvalue weighted by atomic mass is 16.2. The van der Waals surface area contributed by atoms with Gasteiger partial charge in [0.15, 0.2) is 5.82 Å². The predicted molar refractivity (Wildman–Crippen MR) is 145 cm³/mol. The maximum atomic E-state index is 13.6. The van der Waals surface area contributed by atoms with Crippen LogP contribution in [0.2, 0.25) is 0 Å². The van der Waals surface area contributed by atoms with Gasteiger partial charge in [-0.2, -0.15) is 0 Å². The molecule has 0 aliphatic heterocycles. The minimum atomic E-state index is -0.253. The molecule has 7 nitrogen and oxygen atoms in total. The number of hydrogen-bond acceptors (Lipinski definition) is 5. The van der Waals surface area contributed by atoms with Crippen molar-refractivity contribution >= 4 is 11.7 Å². The summed E-state index contributed by atoms with van der Waals surface area (Å²) in [5.74, 6) is 0.349. The van der Waals surface area contributed by atoms with Crippen molar-refractivity contribution < 1.29 is 4.79 Å². The van der Waals surface area contributed by atoms with Gasteiger partial charge < -0.3 is 16.0 Å². The lowest BCUT2D eigenvalue weighted by Crippen LogP contribution is -2.41. The van der Waals surface area contributed by atoms with E-state index >= 15 is 0 Å². The molecule has 3 N–H and O–H groups in total. The van der Waals surface area contributed by atoms with Crippen LogP contribution >= 0.6 is 0 Å². The Labute approximate surface area is 213 Å². The summed E-state index contributed by atoms with van der Waals surface area (Å²) in [7, 11) is 0. The maximum Gasteiger partial charge on any atom is 0.297 e. The van der Waals surface area contributed by atoms with Crippen molar-refractivity contribution in [2.45, 2.75) is 65.1 Å². The Morgan fingerprint density at radius 1 is 1.14 bits per heavy atom. The molecule has 1 saturated carbocycles. The summed E-state index contributed by atoms with van der Waals surface area (Å²) in [6.45, 7) is 11.3. The van der Waals surface area contributed by atoms with Crippen LogP contribution in [0.1, 0.15) is 68.1 Å². The first-order valence-corrected chi connectivity index (χ1v) is 12.7. The molecule has 2 aromatic carbocycles. The first-order valence-electron chi connectivity index (χ1n) is 12.7. The van der Waals surface area contributed by atoms with Crippen molar-refractivity contribution in [2.75, 3.05) is 11.9 Å². The lowest BCUT2D eigenvalue weighted by atomic mass is 9.93. The Kier molecular flexibility index (Phi) is 7.59. The van der Waals surface area contributed by atoms with E-state index in [2.05, 4.69) is 60.8 Å². The van der Waals surface area contributed by atoms with Gasteiger partial charge in [0.25, 0.3) is 11.5 Å². The summed E-state index contributed by atoms with van der Waals surface area (Å²) in [5.41, 5.74) is 2.95. The molecule has 0 bridgehead atoms. The highest BCUT2D eigenvalue weighted by Crippen LogP contribution is 2.26. The molecule has 0 radical (unpaired) electrons. The zero-order valence-corrected chi connectivity index (χ0v) is 21.8. The molecule has 1 aliphatic rings. The number of carbonyl (C=O) groups is 1. The van der Waals surface area contributed by atoms with Crippen molar-refractivity contribution in [3.8, 4) is 5.69 Å². The minimum Gasteiger partial charge on any atom is -0.358 e. The van der Waals surface area contributed by atoms with Crippen LogP contribution in [0.25, 0.3) is 5.69 Å². The second-order valence-corrected chi connectivity index (χ2v) is 10.8. The second-order valence-electron chi connectivity index (χ2n) is 10.8. The predicted octanol–water partition coefficient (Wildman–Crippen LogP) is 4.61. The van der Waals surface area contributed by atoms with Gasteiger partial charge in [-0.15, -0.1) is 0 Å². The lowest BCUT2D eigenvalue weighted by molar-refractivity contribution is 0.0951. The third-order valence-corrected chi connectivity index (χ3v) is 6.46. The number of rotatable bonds is 9. The third-order valence-electron chi connectivity index (χ3n) is 6.46. The van der Waals surface area contributed by atoms with E-state index in [1.807, 2.05) is 31.2 Å². The van der Waals surface area contributed by atoms with Crippen LogP contribution in [0.15, 0.2) is 65.7 Å². The van der Waals surface area contributed by atoms with Crippen LogP contribution in [0.3, 0.4) is 0 Å². The van der Waals surface area contributed by atoms with Crippen LogP contribution in [0, 0.1) is 12.8 Å². The Bertz CT molecular complexity index is 1260. The molecule has 3 aromatic rings. The minimum absolute atomic E-state index is 0.0123. The number of nitrogens with one attached hydrogen (secondary N) is 3. The van der Waals surface area contributed by atoms with Gasteiger partial charge in [0, 0.05) is 36.1 Å². The van der Waals surface area contributed by atoms with Crippen LogP contribution in [-0.2, 0) is 0 Å². The lowest BCUT2D eigenvalue weighted by Gasteiger charge is -2.30. The molecule has 4 rings (SSSR count). The molecule has 2 atom stereocenters. The average molecular weight is 488 g/mol. The number of nitrogens with zero attached hydrogens (tertiary/aromatic N) is 2. The monoisotopic (exact) mass is 487 g/mol. The molecule has 0 unspecified atom stereocenters. The van der Waals surface area contributed by atoms with E-state index in [9.17, 15) is 9.59 Å². The van der Waals surface area contributed by atoms with Crippen molar-refractivity contribution in [3.05, 3.63) is 88.0 Å². The Balaban J connectivity index is 1.65. The molecule has 0 spiro atoms. The number of amides is 1. The zero-order valence-electron chi connectivity index (χ0n) is 21.8. The first kappa shape index (κ1) is 25.6. The van der Waals surface area contributed by atoms with E-state index in [-0.39, 0.29) is 40.8 Å². The Morgan fingerprint density at radius 3 is 2.53 bits per heavy atom. The topological polar surface area (TPSA) is 88.1 Å². The summed E-state index contributed by atoms with van der Waals surface area (Å²) < 4.78 is 1.57. The number of hydrogen-bond donors (Lipinski definition) is 3. The molecular formula is C29H37N5O2. The fraction of sp³-hybridized carbons (Fsp3) is 0.414. The van der Waals surface area contributed by atoms with Gasteiger partial charge in [-0.05, 0) is 69.7 Å². The van der Waals surface area contributed by atoms with E-state index < -0.39 is 0 Å². The molecule has 190 valence electrons. The van der Waals surface area contributed by atoms with Gasteiger partial charge in [-0.3, -0.25) is 14.2 Å². The van der Waals surface area contributed by atoms with Crippen molar-refractivity contribution in [2.24, 2.45) is 5.92 Å². The first-order chi connectivity index (χ1) is 17.1. The van der Waals surface area contributed by atoms with Gasteiger partial charge in [0.05, 0.1) is 11.7 Å². The molecule has 1 aliphatic carbocycles. The molecule has 1 amide bonds. The van der Waals surface area contributed by atoms with E-state index in [0.29, 0.717) is 11.3 Å². The van der Waals surface area contributed by atoms with Crippen molar-refractivity contribution in [1.29, 1.82) is 0 Å². The maximum absolute atomic E-state index is 13.6. The van der Waals surface area contributed by atoms with Crippen LogP contribution in [-0.4, -0.2) is 33.6 Å². The fourth-order valence-electron chi connectivity index (χ4n) is 4.15. The van der Waals surface area contributed by atoms with Crippen LogP contribution in [0.5, 0.6) is 0 Å². The SMILES string of the molecule is Cc1ccc(C(=O)NC2CC2)cc1-n1ccnc(N[C@@H](c2ccccc2)[C@@H](C)CNC(C)(C)C)c1=O. The Hall–Kier alpha value is -3.45. The van der Waals surface area contributed by atoms with E-state index in [1.54, 1.807) is 29.1 Å². The average Bonchev–Trinajstić information content (AvgIpc) is 3.66. The van der Waals surface area contributed by atoms with Crippen LogP contribution in [0.4, 0.5) is 5.82 Å². The number of aryl methyl sites for hydroxylation is 1. The largest absolute Gasteiger partial charge is 0.358 e. The molecule has 1 aromatic heterocycles. The Morgan fingerprint density at radius 2 is 1.86 bits per heavy atom. The zero-order chi connectivity index (χ0) is 25.9. The van der Waals surface area contributed by atoms with Gasteiger partial charge in [-0.25, -0.2) is 4.98 Å². The highest BCUT2D eigenvalue weighted by Gasteiger charge is 2.25. The fourth-order valence-corrected chi connectivity index (χ4v) is 4.15. The quantitative estimate of drug-likeness (QED) is 0.410. The highest BCUT2D eigenvalue weighted by molar-refractivity contribution is 5.95. The summed E-state index contributed by atoms with van der Waals surface area (Å²) in [6.07, 6.45) is 5.33. The second kappa shape index (κ2) is 10.7. The van der Waals surface area contributed by atoms with E-state index in [0.717, 1.165) is 30.5 Å². The van der Waals surface area contributed by atoms with Crippen molar-refractivity contribution in [1.82, 2.24) is 20.2 Å². The number of anilines is 1. The molecule has 36 heavy (non-hydrogen) atoms. The standard InChI is InChI=1S/C29H37N5O2/c1-19-11-12-22(27(35)32-23-13-14-23)17-24(19)34-16-15-30-26(28(34)36)33-25(21-9-7-6-8-10-21)20(2)18-31-29(3,4)5/h6-12,15-17,20,23,25,31H,13-14,18H2,1-5H3,(H,30,33)(H,32,35)/t20-,25+/m0/s1. The summed E-state index contributed by atoms with van der Waals surface area (Å²) >= 11 is 0. The summed E-state index contributed by atoms with van der Waals surface area (Å²) in [6, 6.07) is 15.8. The van der Waals surface area contributed by atoms with E-state index in [1.165, 1.54) is 0 Å². The summed E-state index contributed by atoms with van der Waals surface area (Å²) in [5, 5.41) is 10.0. The van der Waals surface area contributed by atoms with Crippen molar-refractivity contribution in [3.63, 3.8) is 0 Å². The normalized spacial score (nSPS) is 15.2.